The molecule has 0 atom stereocenters. The number of primary amides is 1. The summed E-state index contributed by atoms with van der Waals surface area (Å²) < 4.78 is 1.73. The van der Waals surface area contributed by atoms with Gasteiger partial charge in [0.1, 0.15) is 11.5 Å². The molecule has 5 rings (SSSR count). The Morgan fingerprint density at radius 3 is 2.50 bits per heavy atom. The summed E-state index contributed by atoms with van der Waals surface area (Å²) in [7, 11) is 0. The van der Waals surface area contributed by atoms with Crippen molar-refractivity contribution in [3.8, 4) is 22.9 Å². The molecule has 1 aliphatic carbocycles. The summed E-state index contributed by atoms with van der Waals surface area (Å²) in [4.78, 5) is 26.9. The Balaban J connectivity index is 1.32. The summed E-state index contributed by atoms with van der Waals surface area (Å²) in [5.74, 6) is -0.136. The van der Waals surface area contributed by atoms with E-state index in [-0.39, 0.29) is 30.1 Å². The molecule has 8 nitrogen and oxygen atoms in total. The fourth-order valence-electron chi connectivity index (χ4n) is 5.47. The second-order valence-electron chi connectivity index (χ2n) is 10.7. The number of aromatic hydroxyl groups is 1. The number of nitriles is 1. The number of rotatable bonds is 9. The van der Waals surface area contributed by atoms with Gasteiger partial charge in [0.2, 0.25) is 0 Å². The summed E-state index contributed by atoms with van der Waals surface area (Å²) in [6.07, 6.45) is 5.12. The van der Waals surface area contributed by atoms with Crippen molar-refractivity contribution in [2.75, 3.05) is 13.1 Å². The second-order valence-corrected chi connectivity index (χ2v) is 10.7. The lowest BCUT2D eigenvalue weighted by molar-refractivity contribution is -0.119. The highest BCUT2D eigenvalue weighted by Gasteiger charge is 2.39. The first-order valence-corrected chi connectivity index (χ1v) is 13.2. The van der Waals surface area contributed by atoms with Crippen LogP contribution in [0.4, 0.5) is 0 Å². The third-order valence-corrected chi connectivity index (χ3v) is 8.13. The molecule has 2 heterocycles. The van der Waals surface area contributed by atoms with Gasteiger partial charge in [-0.15, -0.1) is 0 Å². The van der Waals surface area contributed by atoms with Gasteiger partial charge in [-0.25, -0.2) is 0 Å². The fraction of sp³-hybridized carbons (Fsp3) is 0.400. The van der Waals surface area contributed by atoms with Gasteiger partial charge in [-0.3, -0.25) is 19.2 Å². The smallest absolute Gasteiger partial charge is 0.252 e. The van der Waals surface area contributed by atoms with Gasteiger partial charge < -0.3 is 10.8 Å². The number of nitrogens with zero attached hydrogens (tertiary/aromatic N) is 4. The monoisotopic (exact) mass is 511 g/mol. The Labute approximate surface area is 222 Å². The van der Waals surface area contributed by atoms with Crippen molar-refractivity contribution in [2.45, 2.75) is 57.5 Å². The molecule has 1 saturated heterocycles. The first-order valence-electron chi connectivity index (χ1n) is 13.2. The summed E-state index contributed by atoms with van der Waals surface area (Å²) in [6, 6.07) is 16.2. The minimum atomic E-state index is -0.603. The molecule has 38 heavy (non-hydrogen) atoms. The van der Waals surface area contributed by atoms with E-state index in [1.165, 1.54) is 0 Å². The molecule has 0 radical (unpaired) electrons. The van der Waals surface area contributed by atoms with Gasteiger partial charge in [0.15, 0.2) is 0 Å². The predicted molar refractivity (Wildman–Crippen MR) is 143 cm³/mol. The van der Waals surface area contributed by atoms with Crippen molar-refractivity contribution in [3.63, 3.8) is 0 Å². The first-order chi connectivity index (χ1) is 18.3. The maximum absolute atomic E-state index is 12.4. The van der Waals surface area contributed by atoms with Gasteiger partial charge in [0.25, 0.3) is 5.91 Å². The summed E-state index contributed by atoms with van der Waals surface area (Å²) >= 11 is 0. The lowest BCUT2D eigenvalue weighted by Gasteiger charge is -2.41. The Bertz CT molecular complexity index is 1390. The number of hydrogen-bond acceptors (Lipinski definition) is 6. The van der Waals surface area contributed by atoms with Crippen molar-refractivity contribution < 1.29 is 14.7 Å². The molecule has 0 spiro atoms. The maximum Gasteiger partial charge on any atom is 0.252 e. The van der Waals surface area contributed by atoms with Gasteiger partial charge >= 0.3 is 0 Å². The number of amides is 1. The second kappa shape index (κ2) is 10.4. The molecule has 3 aromatic rings. The normalized spacial score (nSPS) is 17.2. The number of likely N-dealkylation sites (tertiary alicyclic amines) is 1. The number of ketones is 1. The number of aromatic nitrogens is 2. The molecule has 2 aromatic carbocycles. The maximum atomic E-state index is 12.4. The number of carbonyl (C=O) groups excluding carboxylic acids is 2. The van der Waals surface area contributed by atoms with E-state index < -0.39 is 11.4 Å². The van der Waals surface area contributed by atoms with E-state index in [0.29, 0.717) is 30.8 Å². The van der Waals surface area contributed by atoms with Crippen LogP contribution in [0.2, 0.25) is 0 Å². The van der Waals surface area contributed by atoms with Crippen molar-refractivity contribution in [3.05, 3.63) is 71.0 Å². The minimum Gasteiger partial charge on any atom is -0.507 e. The van der Waals surface area contributed by atoms with E-state index in [9.17, 15) is 20.0 Å². The average molecular weight is 512 g/mol. The molecule has 0 unspecified atom stereocenters. The van der Waals surface area contributed by atoms with Gasteiger partial charge in [-0.1, -0.05) is 42.5 Å². The highest BCUT2D eigenvalue weighted by molar-refractivity contribution is 5.95. The van der Waals surface area contributed by atoms with Crippen LogP contribution in [0.1, 0.15) is 59.3 Å². The minimum absolute atomic E-state index is 0.0711. The molecule has 1 amide bonds. The van der Waals surface area contributed by atoms with E-state index in [1.807, 2.05) is 43.3 Å². The van der Waals surface area contributed by atoms with Crippen LogP contribution < -0.4 is 5.73 Å². The van der Waals surface area contributed by atoms with Gasteiger partial charge in [-0.2, -0.15) is 10.4 Å². The number of benzene rings is 2. The Kier molecular flexibility index (Phi) is 7.04. The summed E-state index contributed by atoms with van der Waals surface area (Å²) in [6.45, 7) is 4.08. The zero-order chi connectivity index (χ0) is 26.9. The molecule has 1 aromatic heterocycles. The number of phenols is 1. The molecular formula is C30H33N5O3. The quantitative estimate of drug-likeness (QED) is 0.446. The van der Waals surface area contributed by atoms with Crippen LogP contribution >= 0.6 is 0 Å². The zero-order valence-corrected chi connectivity index (χ0v) is 21.7. The number of piperidine rings is 1. The van der Waals surface area contributed by atoms with E-state index >= 15 is 0 Å². The third kappa shape index (κ3) is 5.07. The molecule has 2 fully saturated rings. The van der Waals surface area contributed by atoms with Crippen molar-refractivity contribution in [1.29, 1.82) is 5.26 Å². The largest absolute Gasteiger partial charge is 0.507 e. The van der Waals surface area contributed by atoms with Crippen LogP contribution in [0, 0.1) is 24.2 Å². The van der Waals surface area contributed by atoms with Crippen LogP contribution in [0.5, 0.6) is 5.75 Å². The standard InChI is InChI=1S/C30H33N5O3/c1-20-23(9-10-24(28(20)37)21-5-3-2-4-6-21)18-34-15-12-30(11-14-31,13-16-34)35-19-25(29(32)38)26(33-35)17-27(36)22-7-8-22/h2-6,9-10,19,22,37H,7-8,11-13,15-18H2,1H3,(H2,32,38). The first kappa shape index (κ1) is 25.7. The van der Waals surface area contributed by atoms with Gasteiger partial charge in [0, 0.05) is 37.3 Å². The topological polar surface area (TPSA) is 125 Å². The number of phenolic OH excluding ortho intramolecular Hbond substituents is 1. The molecule has 8 heteroatoms. The number of hydrogen-bond donors (Lipinski definition) is 2. The highest BCUT2D eigenvalue weighted by atomic mass is 16.3. The van der Waals surface area contributed by atoms with Crippen LogP contribution in [0.25, 0.3) is 11.1 Å². The van der Waals surface area contributed by atoms with Gasteiger partial charge in [0.05, 0.1) is 35.7 Å². The van der Waals surface area contributed by atoms with Crippen LogP contribution in [-0.4, -0.2) is 44.6 Å². The lowest BCUT2D eigenvalue weighted by atomic mass is 9.84. The predicted octanol–water partition coefficient (Wildman–Crippen LogP) is 4.09. The Morgan fingerprint density at radius 1 is 1.16 bits per heavy atom. The Morgan fingerprint density at radius 2 is 1.87 bits per heavy atom. The molecule has 1 saturated carbocycles. The van der Waals surface area contributed by atoms with Crippen molar-refractivity contribution in [1.82, 2.24) is 14.7 Å². The molecular weight excluding hydrogens is 478 g/mol. The fourth-order valence-corrected chi connectivity index (χ4v) is 5.47. The van der Waals surface area contributed by atoms with E-state index in [4.69, 9.17) is 5.73 Å². The lowest BCUT2D eigenvalue weighted by Crippen LogP contribution is -2.46. The van der Waals surface area contributed by atoms with Gasteiger partial charge in [-0.05, 0) is 49.3 Å². The van der Waals surface area contributed by atoms with Crippen LogP contribution in [0.15, 0.2) is 48.7 Å². The number of Topliss-reactive ketones (excluding diaryl/α,β-unsaturated/α-hetero) is 1. The van der Waals surface area contributed by atoms with E-state index in [0.717, 1.165) is 48.2 Å². The van der Waals surface area contributed by atoms with E-state index in [2.05, 4.69) is 22.1 Å². The average Bonchev–Trinajstić information content (AvgIpc) is 3.68. The molecule has 196 valence electrons. The van der Waals surface area contributed by atoms with Crippen molar-refractivity contribution in [2.24, 2.45) is 11.7 Å². The molecule has 2 aliphatic rings. The highest BCUT2D eigenvalue weighted by Crippen LogP contribution is 2.37. The van der Waals surface area contributed by atoms with Crippen LogP contribution in [-0.2, 0) is 23.3 Å². The number of nitrogens with two attached hydrogens (primary N) is 1. The molecule has 3 N–H and O–H groups in total. The zero-order valence-electron chi connectivity index (χ0n) is 21.7. The molecule has 0 bridgehead atoms. The van der Waals surface area contributed by atoms with Crippen molar-refractivity contribution >= 4 is 11.7 Å². The third-order valence-electron chi connectivity index (χ3n) is 8.13. The molecule has 1 aliphatic heterocycles. The summed E-state index contributed by atoms with van der Waals surface area (Å²) in [5, 5.41) is 25.2. The van der Waals surface area contributed by atoms with Crippen LogP contribution in [0.3, 0.4) is 0 Å². The number of carbonyl (C=O) groups is 2. The van der Waals surface area contributed by atoms with E-state index in [1.54, 1.807) is 10.9 Å². The SMILES string of the molecule is Cc1c(CN2CCC(CC#N)(n3cc(C(N)=O)c(CC(=O)C4CC4)n3)CC2)ccc(-c2ccccc2)c1O. The summed E-state index contributed by atoms with van der Waals surface area (Å²) in [5.41, 5.74) is 9.47. The Hall–Kier alpha value is -3.96.